The van der Waals surface area contributed by atoms with Gasteiger partial charge in [-0.3, -0.25) is 4.68 Å². The second-order valence-electron chi connectivity index (χ2n) is 5.70. The molecule has 1 aliphatic rings. The summed E-state index contributed by atoms with van der Waals surface area (Å²) in [6, 6.07) is 5.96. The lowest BCUT2D eigenvalue weighted by Gasteiger charge is -2.26. The van der Waals surface area contributed by atoms with Crippen molar-refractivity contribution in [1.29, 1.82) is 0 Å². The van der Waals surface area contributed by atoms with Crippen molar-refractivity contribution < 1.29 is 4.74 Å². The van der Waals surface area contributed by atoms with E-state index in [4.69, 9.17) is 16.3 Å². The minimum absolute atomic E-state index is 0.262. The van der Waals surface area contributed by atoms with Gasteiger partial charge in [0.05, 0.1) is 5.69 Å². The number of nitrogens with one attached hydrogen (secondary N) is 1. The monoisotopic (exact) mass is 319 g/mol. The van der Waals surface area contributed by atoms with Crippen LogP contribution in [0.25, 0.3) is 11.3 Å². The number of nitrogens with zero attached hydrogens (tertiary/aromatic N) is 2. The maximum Gasteiger partial charge on any atom is 0.132 e. The summed E-state index contributed by atoms with van der Waals surface area (Å²) >= 11 is 6.28. The van der Waals surface area contributed by atoms with Gasteiger partial charge in [-0.05, 0) is 63.5 Å². The number of ether oxygens (including phenoxy) is 1. The van der Waals surface area contributed by atoms with Crippen LogP contribution in [0.15, 0.2) is 24.4 Å². The summed E-state index contributed by atoms with van der Waals surface area (Å²) in [5.41, 5.74) is 3.16. The highest BCUT2D eigenvalue weighted by molar-refractivity contribution is 6.31. The zero-order chi connectivity index (χ0) is 15.5. The number of aryl methyl sites for hydroxylation is 2. The first kappa shape index (κ1) is 15.4. The van der Waals surface area contributed by atoms with Crippen LogP contribution in [-0.4, -0.2) is 29.0 Å². The van der Waals surface area contributed by atoms with E-state index in [9.17, 15) is 0 Å². The van der Waals surface area contributed by atoms with Gasteiger partial charge in [-0.15, -0.1) is 0 Å². The highest BCUT2D eigenvalue weighted by Crippen LogP contribution is 2.37. The predicted octanol–water partition coefficient (Wildman–Crippen LogP) is 3.66. The summed E-state index contributed by atoms with van der Waals surface area (Å²) in [5.74, 6) is 0.937. The van der Waals surface area contributed by atoms with Crippen LogP contribution < -0.4 is 10.1 Å². The van der Waals surface area contributed by atoms with E-state index in [1.807, 2.05) is 29.1 Å². The highest BCUT2D eigenvalue weighted by atomic mass is 35.5. The Hall–Kier alpha value is -1.52. The zero-order valence-corrected chi connectivity index (χ0v) is 13.9. The second kappa shape index (κ2) is 6.71. The normalized spacial score (nSPS) is 16.0. The third kappa shape index (κ3) is 3.13. The summed E-state index contributed by atoms with van der Waals surface area (Å²) in [6.45, 7) is 6.99. The molecular formula is C17H22ClN3O. The number of piperidine rings is 1. The molecule has 1 aromatic heterocycles. The van der Waals surface area contributed by atoms with Crippen LogP contribution in [0.5, 0.6) is 5.75 Å². The van der Waals surface area contributed by atoms with Crippen molar-refractivity contribution in [3.8, 4) is 17.0 Å². The quantitative estimate of drug-likeness (QED) is 0.934. The third-order valence-corrected chi connectivity index (χ3v) is 4.32. The smallest absolute Gasteiger partial charge is 0.132 e. The molecule has 4 nitrogen and oxygen atoms in total. The third-order valence-electron chi connectivity index (χ3n) is 4.10. The number of aromatic nitrogens is 2. The van der Waals surface area contributed by atoms with Crippen LogP contribution in [0.2, 0.25) is 5.02 Å². The summed E-state index contributed by atoms with van der Waals surface area (Å²) < 4.78 is 8.33. The molecule has 0 amide bonds. The molecule has 0 saturated carbocycles. The number of benzene rings is 1. The first-order chi connectivity index (χ1) is 10.7. The minimum Gasteiger partial charge on any atom is -0.489 e. The molecule has 2 aromatic rings. The van der Waals surface area contributed by atoms with Crippen molar-refractivity contribution in [2.75, 3.05) is 13.1 Å². The molecule has 1 aliphatic heterocycles. The van der Waals surface area contributed by atoms with Crippen LogP contribution >= 0.6 is 11.6 Å². The fourth-order valence-electron chi connectivity index (χ4n) is 2.97. The predicted molar refractivity (Wildman–Crippen MR) is 89.6 cm³/mol. The molecule has 118 valence electrons. The summed E-state index contributed by atoms with van der Waals surface area (Å²) in [5, 5.41) is 8.47. The topological polar surface area (TPSA) is 39.1 Å². The Morgan fingerprint density at radius 2 is 2.14 bits per heavy atom. The Morgan fingerprint density at radius 3 is 2.86 bits per heavy atom. The Labute approximate surface area is 136 Å². The van der Waals surface area contributed by atoms with E-state index in [0.29, 0.717) is 0 Å². The molecule has 0 atom stereocenters. The second-order valence-corrected chi connectivity index (χ2v) is 6.14. The molecule has 22 heavy (non-hydrogen) atoms. The van der Waals surface area contributed by atoms with E-state index in [1.165, 1.54) is 0 Å². The van der Waals surface area contributed by atoms with Crippen molar-refractivity contribution in [2.24, 2.45) is 0 Å². The van der Waals surface area contributed by atoms with Gasteiger partial charge in [-0.25, -0.2) is 0 Å². The Kier molecular flexibility index (Phi) is 4.69. The molecule has 1 N–H and O–H groups in total. The van der Waals surface area contributed by atoms with Gasteiger partial charge in [-0.1, -0.05) is 11.6 Å². The highest BCUT2D eigenvalue weighted by Gasteiger charge is 2.20. The van der Waals surface area contributed by atoms with E-state index < -0.39 is 0 Å². The van der Waals surface area contributed by atoms with Crippen molar-refractivity contribution in [2.45, 2.75) is 39.3 Å². The maximum absolute atomic E-state index is 6.36. The van der Waals surface area contributed by atoms with Gasteiger partial charge in [0, 0.05) is 23.3 Å². The van der Waals surface area contributed by atoms with Gasteiger partial charge in [-0.2, -0.15) is 5.10 Å². The average Bonchev–Trinajstić information content (AvgIpc) is 2.99. The molecule has 0 aliphatic carbocycles. The number of hydrogen-bond donors (Lipinski definition) is 1. The van der Waals surface area contributed by atoms with E-state index >= 15 is 0 Å². The van der Waals surface area contributed by atoms with Gasteiger partial charge in [0.1, 0.15) is 11.9 Å². The zero-order valence-electron chi connectivity index (χ0n) is 13.1. The lowest BCUT2D eigenvalue weighted by molar-refractivity contribution is 0.162. The Morgan fingerprint density at radius 1 is 1.36 bits per heavy atom. The van der Waals surface area contributed by atoms with Crippen LogP contribution in [0.3, 0.4) is 0 Å². The first-order valence-corrected chi connectivity index (χ1v) is 8.26. The average molecular weight is 320 g/mol. The van der Waals surface area contributed by atoms with Gasteiger partial charge in [0.25, 0.3) is 0 Å². The minimum atomic E-state index is 0.262. The van der Waals surface area contributed by atoms with E-state index in [1.54, 1.807) is 0 Å². The number of halogens is 1. The van der Waals surface area contributed by atoms with Crippen LogP contribution in [-0.2, 0) is 6.54 Å². The van der Waals surface area contributed by atoms with Gasteiger partial charge >= 0.3 is 0 Å². The molecule has 1 aromatic carbocycles. The molecule has 0 spiro atoms. The fraction of sp³-hybridized carbons (Fsp3) is 0.471. The van der Waals surface area contributed by atoms with E-state index in [-0.39, 0.29) is 6.10 Å². The van der Waals surface area contributed by atoms with Crippen molar-refractivity contribution in [3.63, 3.8) is 0 Å². The maximum atomic E-state index is 6.36. The number of rotatable bonds is 4. The largest absolute Gasteiger partial charge is 0.489 e. The number of hydrogen-bond acceptors (Lipinski definition) is 3. The molecule has 1 saturated heterocycles. The molecule has 3 rings (SSSR count). The van der Waals surface area contributed by atoms with Crippen LogP contribution in [0.1, 0.15) is 25.3 Å². The van der Waals surface area contributed by atoms with Gasteiger partial charge in [0.15, 0.2) is 0 Å². The molecule has 0 bridgehead atoms. The molecule has 1 fully saturated rings. The molecular weight excluding hydrogens is 298 g/mol. The molecule has 0 radical (unpaired) electrons. The lowest BCUT2D eigenvalue weighted by atomic mass is 10.0. The first-order valence-electron chi connectivity index (χ1n) is 7.88. The fourth-order valence-corrected chi connectivity index (χ4v) is 3.24. The Balaban J connectivity index is 2.00. The Bertz CT molecular complexity index is 647. The van der Waals surface area contributed by atoms with Crippen LogP contribution in [0.4, 0.5) is 0 Å². The summed E-state index contributed by atoms with van der Waals surface area (Å²) in [4.78, 5) is 0. The SMILES string of the molecule is CCn1nccc1-c1cc(Cl)cc(C)c1OC1CCNCC1. The molecule has 0 unspecified atom stereocenters. The van der Waals surface area contributed by atoms with Crippen LogP contribution in [0, 0.1) is 6.92 Å². The van der Waals surface area contributed by atoms with Crippen molar-refractivity contribution in [1.82, 2.24) is 15.1 Å². The van der Waals surface area contributed by atoms with Gasteiger partial charge < -0.3 is 10.1 Å². The van der Waals surface area contributed by atoms with Crippen molar-refractivity contribution in [3.05, 3.63) is 35.0 Å². The van der Waals surface area contributed by atoms with E-state index in [0.717, 1.165) is 60.1 Å². The summed E-state index contributed by atoms with van der Waals surface area (Å²) in [7, 11) is 0. The van der Waals surface area contributed by atoms with E-state index in [2.05, 4.69) is 24.3 Å². The van der Waals surface area contributed by atoms with Crippen molar-refractivity contribution >= 4 is 11.6 Å². The molecule has 2 heterocycles. The lowest BCUT2D eigenvalue weighted by Crippen LogP contribution is -2.34. The molecule has 5 heteroatoms. The standard InChI is InChI=1S/C17H22ClN3O/c1-3-21-16(6-9-20-21)15-11-13(18)10-12(2)17(15)22-14-4-7-19-8-5-14/h6,9-11,14,19H,3-5,7-8H2,1-2H3. The van der Waals surface area contributed by atoms with Gasteiger partial charge in [0.2, 0.25) is 0 Å². The summed E-state index contributed by atoms with van der Waals surface area (Å²) in [6.07, 6.45) is 4.16.